The second-order valence-corrected chi connectivity index (χ2v) is 41.0. The normalized spacial score (nSPS) is 16.5. The standard InChI is InChI=1S/C24H28N2O2.2C23H27F3N2O2.C23H32N2O2.C21H21N3O4S/c1-5-22(27)26(18-20-14-10-7-11-15-20)21(16-24(2,3)4)23(28)25-17-19-12-8-6-9-13-19;1-2-20(29)28(19-13-9-10-17(16-19)23(24,25)26)22(14-7-4-8-15-22)21(30)27-18-11-5-3-6-12-18;1-2-20(29)28(19-13-11-17(12-14-19)23(24,25)26)22(15-7-4-8-16-22)21(30)27-18-9-5-3-6-10-18;1-5-21(26)25(17-18-12-8-6-9-13-18)20(16-23(2,3)4)22(27)24-19-14-10-7-11-15-19;1-2-19(25)23(16-10-6-11-17(14-16)24(27)28)20(18-12-7-13-29-18)21(26)22-15-8-4-3-5-9-15/h1,6-15,21H,16-18H2,2-4H3,(H,25,28);1,9-10,13,16,18H,3-8,11-12,14-15H2,(H,27,30);1,11-14,18H,3-10,15-16H2,(H,27,30);1,6,8-9,12-13,19-20H,7,10-11,14-17H2,2-4H3,(H,24,27);1,6-7,10-15,20H,3-5,8-9H2,(H,22,26). The van der Waals surface area contributed by atoms with Crippen LogP contribution >= 0.6 is 11.3 Å². The first-order valence-corrected chi connectivity index (χ1v) is 50.7. The van der Waals surface area contributed by atoms with E-state index in [1.54, 1.807) is 17.0 Å². The molecule has 10 amide bonds. The molecular weight excluding hydrogens is 1860 g/mol. The van der Waals surface area contributed by atoms with Crippen LogP contribution in [0.4, 0.5) is 49.1 Å². The molecule has 6 aliphatic carbocycles. The molecule has 13 rings (SSSR count). The summed E-state index contributed by atoms with van der Waals surface area (Å²) in [4.78, 5) is 148. The number of hydrogen-bond donors (Lipinski definition) is 5. The molecule has 0 spiro atoms. The predicted molar refractivity (Wildman–Crippen MR) is 549 cm³/mol. The van der Waals surface area contributed by atoms with Gasteiger partial charge in [-0.05, 0) is 207 Å². The first-order valence-electron chi connectivity index (χ1n) is 49.9. The number of anilines is 3. The number of terminal acetylenes is 5. The maximum atomic E-state index is 13.5. The van der Waals surface area contributed by atoms with Gasteiger partial charge >= 0.3 is 30.1 Å². The maximum absolute atomic E-state index is 13.5. The molecule has 6 aromatic carbocycles. The molecule has 6 aliphatic rings. The van der Waals surface area contributed by atoms with E-state index < -0.39 is 87.1 Å². The van der Waals surface area contributed by atoms with Crippen LogP contribution in [0.1, 0.15) is 286 Å². The molecule has 0 saturated heterocycles. The van der Waals surface area contributed by atoms with Crippen molar-refractivity contribution < 1.29 is 79.2 Å². The number of non-ortho nitro benzene ring substituents is 1. The summed E-state index contributed by atoms with van der Waals surface area (Å²) in [6.07, 6.45) is 45.9. The van der Waals surface area contributed by atoms with Crippen LogP contribution in [0.3, 0.4) is 0 Å². The van der Waals surface area contributed by atoms with Crippen LogP contribution in [0.5, 0.6) is 0 Å². The Morgan fingerprint density at radius 2 is 0.764 bits per heavy atom. The predicted octanol–water partition coefficient (Wildman–Crippen LogP) is 21.1. The largest absolute Gasteiger partial charge is 0.416 e. The molecule has 3 unspecified atom stereocenters. The average Bonchev–Trinajstić information content (AvgIpc) is 0.875. The topological polar surface area (TPSA) is 290 Å². The second kappa shape index (κ2) is 54.8. The Morgan fingerprint density at radius 3 is 1.15 bits per heavy atom. The smallest absolute Gasteiger partial charge is 0.352 e. The minimum Gasteiger partial charge on any atom is -0.352 e. The number of carbonyl (C=O) groups is 10. The number of benzene rings is 6. The number of carbonyl (C=O) groups excluding carboxylic acids is 10. The summed E-state index contributed by atoms with van der Waals surface area (Å²) in [7, 11) is 0. The lowest BCUT2D eigenvalue weighted by Gasteiger charge is -2.45. The fourth-order valence-corrected chi connectivity index (χ4v) is 20.4. The van der Waals surface area contributed by atoms with Gasteiger partial charge in [0.2, 0.25) is 29.5 Å². The van der Waals surface area contributed by atoms with Crippen molar-refractivity contribution in [2.45, 2.75) is 332 Å². The van der Waals surface area contributed by atoms with Crippen molar-refractivity contribution in [3.05, 3.63) is 224 Å². The molecule has 30 heteroatoms. The van der Waals surface area contributed by atoms with Gasteiger partial charge in [-0.25, -0.2) is 0 Å². The van der Waals surface area contributed by atoms with Crippen LogP contribution in [-0.4, -0.2) is 121 Å². The molecule has 0 bridgehead atoms. The molecule has 0 radical (unpaired) electrons. The van der Waals surface area contributed by atoms with E-state index >= 15 is 0 Å². The lowest BCUT2D eigenvalue weighted by molar-refractivity contribution is -0.384. The zero-order valence-electron chi connectivity index (χ0n) is 83.3. The van der Waals surface area contributed by atoms with E-state index in [0.717, 1.165) is 198 Å². The van der Waals surface area contributed by atoms with Gasteiger partial charge in [0, 0.05) is 72.2 Å². The maximum Gasteiger partial charge on any atom is 0.416 e. The number of rotatable bonds is 27. The monoisotopic (exact) mass is 2000 g/mol. The number of halogens is 6. The molecule has 0 aliphatic heterocycles. The molecule has 1 aromatic heterocycles. The van der Waals surface area contributed by atoms with Crippen molar-refractivity contribution >= 4 is 93.2 Å². The van der Waals surface area contributed by atoms with E-state index in [0.29, 0.717) is 75.9 Å². The van der Waals surface area contributed by atoms with Crippen molar-refractivity contribution in [2.24, 2.45) is 10.8 Å². The van der Waals surface area contributed by atoms with Gasteiger partial charge < -0.3 is 36.4 Å². The van der Waals surface area contributed by atoms with E-state index in [1.165, 1.54) is 76.1 Å². The first-order chi connectivity index (χ1) is 68.7. The summed E-state index contributed by atoms with van der Waals surface area (Å²) < 4.78 is 78.9. The van der Waals surface area contributed by atoms with Crippen LogP contribution in [0.15, 0.2) is 181 Å². The Labute approximate surface area is 847 Å². The van der Waals surface area contributed by atoms with E-state index in [4.69, 9.17) is 32.1 Å². The van der Waals surface area contributed by atoms with Crippen molar-refractivity contribution in [3.63, 3.8) is 0 Å². The fourth-order valence-electron chi connectivity index (χ4n) is 19.6. The van der Waals surface area contributed by atoms with Crippen LogP contribution in [0.25, 0.3) is 0 Å². The van der Waals surface area contributed by atoms with Crippen molar-refractivity contribution in [1.82, 2.24) is 36.4 Å². The average molecular weight is 2000 g/mol. The molecule has 144 heavy (non-hydrogen) atoms. The quantitative estimate of drug-likeness (QED) is 0.0139. The van der Waals surface area contributed by atoms with Crippen molar-refractivity contribution in [2.75, 3.05) is 14.7 Å². The van der Waals surface area contributed by atoms with E-state index in [9.17, 15) is 84.4 Å². The summed E-state index contributed by atoms with van der Waals surface area (Å²) in [5.41, 5.74) is -1.28. The third-order valence-corrected chi connectivity index (χ3v) is 27.7. The Hall–Kier alpha value is -13.5. The lowest BCUT2D eigenvalue weighted by Crippen LogP contribution is -2.63. The molecule has 3 atom stereocenters. The van der Waals surface area contributed by atoms with E-state index in [-0.39, 0.29) is 87.3 Å². The molecule has 1 heterocycles. The Balaban J connectivity index is 0.000000201. The number of nitrogens with zero attached hydrogens (tertiary/aromatic N) is 6. The Kier molecular flexibility index (Phi) is 43.4. The first kappa shape index (κ1) is 114. The molecular formula is C114H135F6N11O12S. The SMILES string of the molecule is C#CC(=O)N(Cc1ccccc1)C(CC(C)(C)C)C(=O)NC1CCCCC1.C#CC(=O)N(Cc1ccccc1)C(CC(C)(C)C)C(=O)NCc1ccccc1.C#CC(=O)N(c1ccc(C(F)(F)F)cc1)C1(C(=O)NC2CCCCC2)CCCCC1.C#CC(=O)N(c1cccc(C(F)(F)F)c1)C1(C(=O)NC2CCCCC2)CCCCC1.C#CC(=O)N(c1cccc([N+](=O)[O-])c1)C(C(=O)NC1CCCCC1)c1cccs1. The van der Waals surface area contributed by atoms with Gasteiger partial charge in [0.15, 0.2) is 6.04 Å². The number of thiophene rings is 1. The third kappa shape index (κ3) is 33.8. The minimum absolute atomic E-state index is 0.00784. The number of alkyl halides is 6. The number of amides is 10. The molecule has 23 nitrogen and oxygen atoms in total. The van der Waals surface area contributed by atoms with Gasteiger partial charge in [-0.15, -0.1) is 43.5 Å². The highest BCUT2D eigenvalue weighted by Crippen LogP contribution is 2.44. The van der Waals surface area contributed by atoms with Crippen LogP contribution in [-0.2, 0) is 79.9 Å². The van der Waals surface area contributed by atoms with Gasteiger partial charge in [0.1, 0.15) is 23.2 Å². The van der Waals surface area contributed by atoms with E-state index in [1.807, 2.05) is 123 Å². The van der Waals surface area contributed by atoms with Crippen LogP contribution in [0, 0.1) is 82.7 Å². The molecule has 766 valence electrons. The second-order valence-electron chi connectivity index (χ2n) is 40.1. The van der Waals surface area contributed by atoms with Gasteiger partial charge in [-0.1, -0.05) is 266 Å². The third-order valence-electron chi connectivity index (χ3n) is 26.8. The van der Waals surface area contributed by atoms with Crippen molar-refractivity contribution in [1.29, 1.82) is 0 Å². The van der Waals surface area contributed by atoms with Crippen molar-refractivity contribution in [3.8, 4) is 61.7 Å². The highest BCUT2D eigenvalue weighted by atomic mass is 32.1. The number of nitro benzene ring substituents is 1. The molecule has 7 aromatic rings. The number of nitrogens with one attached hydrogen (secondary N) is 5. The summed E-state index contributed by atoms with van der Waals surface area (Å²) >= 11 is 1.33. The molecule has 6 saturated carbocycles. The highest BCUT2D eigenvalue weighted by Gasteiger charge is 2.51. The zero-order chi connectivity index (χ0) is 105. The number of hydrogen-bond acceptors (Lipinski definition) is 13. The highest BCUT2D eigenvalue weighted by molar-refractivity contribution is 7.10. The zero-order valence-corrected chi connectivity index (χ0v) is 84.1. The van der Waals surface area contributed by atoms with E-state index in [2.05, 4.69) is 71.0 Å². The van der Waals surface area contributed by atoms with Crippen LogP contribution in [0.2, 0.25) is 0 Å². The minimum atomic E-state index is -4.56. The van der Waals surface area contributed by atoms with Gasteiger partial charge in [0.25, 0.3) is 17.5 Å². The summed E-state index contributed by atoms with van der Waals surface area (Å²) in [5.74, 6) is 6.22. The van der Waals surface area contributed by atoms with Gasteiger partial charge in [0.05, 0.1) is 21.7 Å². The Bertz CT molecular complexity index is 5640. The van der Waals surface area contributed by atoms with Crippen LogP contribution < -0.4 is 41.3 Å². The van der Waals surface area contributed by atoms with Gasteiger partial charge in [-0.3, -0.25) is 72.8 Å². The summed E-state index contributed by atoms with van der Waals surface area (Å²) in [5, 5.41) is 28.4. The fraction of sp³-hybridized carbons (Fsp3) is 0.474. The lowest BCUT2D eigenvalue weighted by atomic mass is 9.78. The summed E-state index contributed by atoms with van der Waals surface area (Å²) in [6, 6.07) is 45.0. The van der Waals surface area contributed by atoms with Gasteiger partial charge in [-0.2, -0.15) is 26.3 Å². The Morgan fingerprint density at radius 1 is 0.396 bits per heavy atom. The number of nitro groups is 1. The molecule has 6 fully saturated rings. The summed E-state index contributed by atoms with van der Waals surface area (Å²) in [6.45, 7) is 13.4. The molecule has 5 N–H and O–H groups in total.